The number of hydrogen-bond acceptors (Lipinski definition) is 4. The van der Waals surface area contributed by atoms with Gasteiger partial charge in [0.25, 0.3) is 5.91 Å². The minimum absolute atomic E-state index is 0.0755. The second-order valence-corrected chi connectivity index (χ2v) is 6.56. The Hall–Kier alpha value is -1.40. The number of hydrogen-bond donors (Lipinski definition) is 2. The normalized spacial score (nSPS) is 21.8. The van der Waals surface area contributed by atoms with Crippen molar-refractivity contribution in [2.24, 2.45) is 5.92 Å². The van der Waals surface area contributed by atoms with Crippen molar-refractivity contribution < 1.29 is 14.7 Å². The monoisotopic (exact) mass is 310 g/mol. The Balaban J connectivity index is 1.70. The molecule has 2 rings (SSSR count). The maximum absolute atomic E-state index is 12.0. The standard InChI is InChI=1S/C15H22N2O3S/c1-17(15(20)13-3-2-8-21-13)10-14(19)16-9-11-4-6-12(18)7-5-11/h2-3,8,11-12,18H,4-7,9-10H2,1H3,(H,16,19). The molecule has 1 saturated carbocycles. The summed E-state index contributed by atoms with van der Waals surface area (Å²) >= 11 is 1.38. The fourth-order valence-corrected chi connectivity index (χ4v) is 3.26. The summed E-state index contributed by atoms with van der Waals surface area (Å²) in [5.41, 5.74) is 0. The first-order valence-electron chi connectivity index (χ1n) is 7.30. The van der Waals surface area contributed by atoms with Crippen molar-refractivity contribution in [1.82, 2.24) is 10.2 Å². The molecule has 6 heteroatoms. The van der Waals surface area contributed by atoms with Gasteiger partial charge in [0.15, 0.2) is 0 Å². The number of thiophene rings is 1. The van der Waals surface area contributed by atoms with Gasteiger partial charge < -0.3 is 15.3 Å². The Morgan fingerprint density at radius 1 is 1.38 bits per heavy atom. The second kappa shape index (κ2) is 7.56. The van der Waals surface area contributed by atoms with Crippen LogP contribution in [0.4, 0.5) is 0 Å². The summed E-state index contributed by atoms with van der Waals surface area (Å²) in [6.45, 7) is 0.707. The number of rotatable bonds is 5. The van der Waals surface area contributed by atoms with Crippen LogP contribution in [-0.4, -0.2) is 48.1 Å². The van der Waals surface area contributed by atoms with E-state index in [1.807, 2.05) is 11.4 Å². The van der Waals surface area contributed by atoms with E-state index < -0.39 is 0 Å². The minimum Gasteiger partial charge on any atom is -0.393 e. The quantitative estimate of drug-likeness (QED) is 0.865. The molecule has 116 valence electrons. The summed E-state index contributed by atoms with van der Waals surface area (Å²) < 4.78 is 0. The van der Waals surface area contributed by atoms with Crippen LogP contribution in [0.1, 0.15) is 35.4 Å². The van der Waals surface area contributed by atoms with E-state index in [0.29, 0.717) is 17.3 Å². The number of nitrogens with zero attached hydrogens (tertiary/aromatic N) is 1. The smallest absolute Gasteiger partial charge is 0.264 e. The van der Waals surface area contributed by atoms with Gasteiger partial charge in [0.1, 0.15) is 0 Å². The Bertz CT molecular complexity index is 467. The zero-order valence-corrected chi connectivity index (χ0v) is 13.1. The topological polar surface area (TPSA) is 69.6 Å². The highest BCUT2D eigenvalue weighted by molar-refractivity contribution is 7.12. The van der Waals surface area contributed by atoms with E-state index in [0.717, 1.165) is 25.7 Å². The van der Waals surface area contributed by atoms with Crippen molar-refractivity contribution in [2.75, 3.05) is 20.1 Å². The maximum Gasteiger partial charge on any atom is 0.264 e. The average Bonchev–Trinajstić information content (AvgIpc) is 3.00. The van der Waals surface area contributed by atoms with Gasteiger partial charge in [0.2, 0.25) is 5.91 Å². The Kier molecular flexibility index (Phi) is 5.76. The van der Waals surface area contributed by atoms with Crippen LogP contribution >= 0.6 is 11.3 Å². The van der Waals surface area contributed by atoms with Crippen molar-refractivity contribution in [2.45, 2.75) is 31.8 Å². The number of aliphatic hydroxyl groups is 1. The van der Waals surface area contributed by atoms with E-state index in [2.05, 4.69) is 5.32 Å². The van der Waals surface area contributed by atoms with Gasteiger partial charge in [0.05, 0.1) is 17.5 Å². The molecular formula is C15H22N2O3S. The molecule has 0 radical (unpaired) electrons. The highest BCUT2D eigenvalue weighted by Crippen LogP contribution is 2.23. The lowest BCUT2D eigenvalue weighted by Gasteiger charge is -2.25. The molecule has 0 saturated heterocycles. The first-order chi connectivity index (χ1) is 10.1. The van der Waals surface area contributed by atoms with Crippen LogP contribution in [0.2, 0.25) is 0 Å². The summed E-state index contributed by atoms with van der Waals surface area (Å²) in [5, 5.41) is 14.2. The number of amides is 2. The highest BCUT2D eigenvalue weighted by Gasteiger charge is 2.20. The summed E-state index contributed by atoms with van der Waals surface area (Å²) in [7, 11) is 1.64. The molecule has 1 fully saturated rings. The van der Waals surface area contributed by atoms with Gasteiger partial charge in [-0.2, -0.15) is 0 Å². The van der Waals surface area contributed by atoms with Crippen LogP contribution in [0.15, 0.2) is 17.5 Å². The summed E-state index contributed by atoms with van der Waals surface area (Å²) in [6, 6.07) is 3.58. The molecule has 2 amide bonds. The van der Waals surface area contributed by atoms with E-state index in [4.69, 9.17) is 0 Å². The minimum atomic E-state index is -0.175. The third-order valence-electron chi connectivity index (χ3n) is 3.86. The lowest BCUT2D eigenvalue weighted by molar-refractivity contribution is -0.121. The average molecular weight is 310 g/mol. The molecule has 0 spiro atoms. The summed E-state index contributed by atoms with van der Waals surface area (Å²) in [5.74, 6) is 0.185. The van der Waals surface area contributed by atoms with Gasteiger partial charge >= 0.3 is 0 Å². The van der Waals surface area contributed by atoms with E-state index in [-0.39, 0.29) is 24.5 Å². The van der Waals surface area contributed by atoms with Crippen LogP contribution in [0.5, 0.6) is 0 Å². The Morgan fingerprint density at radius 3 is 2.71 bits per heavy atom. The van der Waals surface area contributed by atoms with Crippen molar-refractivity contribution in [3.8, 4) is 0 Å². The van der Waals surface area contributed by atoms with E-state index in [1.165, 1.54) is 16.2 Å². The highest BCUT2D eigenvalue weighted by atomic mass is 32.1. The van der Waals surface area contributed by atoms with Crippen molar-refractivity contribution in [3.63, 3.8) is 0 Å². The van der Waals surface area contributed by atoms with E-state index >= 15 is 0 Å². The third-order valence-corrected chi connectivity index (χ3v) is 4.72. The molecule has 1 aliphatic rings. The molecule has 2 N–H and O–H groups in total. The van der Waals surface area contributed by atoms with Crippen LogP contribution < -0.4 is 5.32 Å². The maximum atomic E-state index is 12.0. The molecule has 0 bridgehead atoms. The molecule has 1 aromatic rings. The molecule has 0 atom stereocenters. The summed E-state index contributed by atoms with van der Waals surface area (Å²) in [6.07, 6.45) is 3.36. The van der Waals surface area contributed by atoms with Gasteiger partial charge in [-0.3, -0.25) is 9.59 Å². The Labute approximate surface area is 129 Å². The molecule has 1 heterocycles. The van der Waals surface area contributed by atoms with E-state index in [1.54, 1.807) is 13.1 Å². The SMILES string of the molecule is CN(CC(=O)NCC1CCC(O)CC1)C(=O)c1cccs1. The molecule has 0 aromatic carbocycles. The fraction of sp³-hybridized carbons (Fsp3) is 0.600. The second-order valence-electron chi connectivity index (χ2n) is 5.62. The lowest BCUT2D eigenvalue weighted by Crippen LogP contribution is -2.40. The number of carbonyl (C=O) groups is 2. The molecule has 0 unspecified atom stereocenters. The number of likely N-dealkylation sites (N-methyl/N-ethyl adjacent to an activating group) is 1. The predicted molar refractivity (Wildman–Crippen MR) is 82.3 cm³/mol. The van der Waals surface area contributed by atoms with Crippen LogP contribution in [0.3, 0.4) is 0 Å². The van der Waals surface area contributed by atoms with Crippen molar-refractivity contribution in [1.29, 1.82) is 0 Å². The molecule has 5 nitrogen and oxygen atoms in total. The molecular weight excluding hydrogens is 288 g/mol. The number of nitrogens with one attached hydrogen (secondary N) is 1. The van der Waals surface area contributed by atoms with Gasteiger partial charge in [-0.25, -0.2) is 0 Å². The molecule has 1 aliphatic carbocycles. The third kappa shape index (κ3) is 4.82. The Morgan fingerprint density at radius 2 is 2.10 bits per heavy atom. The van der Waals surface area contributed by atoms with Crippen LogP contribution in [-0.2, 0) is 4.79 Å². The van der Waals surface area contributed by atoms with E-state index in [9.17, 15) is 14.7 Å². The molecule has 1 aromatic heterocycles. The fourth-order valence-electron chi connectivity index (χ4n) is 2.54. The van der Waals surface area contributed by atoms with Gasteiger partial charge in [0, 0.05) is 13.6 Å². The van der Waals surface area contributed by atoms with Crippen molar-refractivity contribution in [3.05, 3.63) is 22.4 Å². The van der Waals surface area contributed by atoms with Gasteiger partial charge in [-0.05, 0) is 43.0 Å². The van der Waals surface area contributed by atoms with Gasteiger partial charge in [-0.15, -0.1) is 11.3 Å². The first kappa shape index (κ1) is 16.0. The first-order valence-corrected chi connectivity index (χ1v) is 8.18. The predicted octanol–water partition coefficient (Wildman–Crippen LogP) is 1.49. The largest absolute Gasteiger partial charge is 0.393 e. The van der Waals surface area contributed by atoms with Crippen LogP contribution in [0, 0.1) is 5.92 Å². The van der Waals surface area contributed by atoms with Crippen molar-refractivity contribution >= 4 is 23.2 Å². The summed E-state index contributed by atoms with van der Waals surface area (Å²) in [4.78, 5) is 26.0. The van der Waals surface area contributed by atoms with Gasteiger partial charge in [-0.1, -0.05) is 6.07 Å². The molecule has 0 aliphatic heterocycles. The molecule has 21 heavy (non-hydrogen) atoms. The van der Waals surface area contributed by atoms with Crippen LogP contribution in [0.25, 0.3) is 0 Å². The lowest BCUT2D eigenvalue weighted by atomic mass is 9.87. The zero-order chi connectivity index (χ0) is 15.2. The zero-order valence-electron chi connectivity index (χ0n) is 12.2. The number of aliphatic hydroxyl groups excluding tert-OH is 1. The number of carbonyl (C=O) groups excluding carboxylic acids is 2.